The molecule has 3 rings (SSSR count). The Labute approximate surface area is 125 Å². The number of nitrogens with zero attached hydrogens (tertiary/aromatic N) is 3. The molecule has 9 heteroatoms. The van der Waals surface area contributed by atoms with Gasteiger partial charge in [-0.1, -0.05) is 6.42 Å². The fourth-order valence-corrected chi connectivity index (χ4v) is 3.00. The van der Waals surface area contributed by atoms with Crippen molar-refractivity contribution in [2.24, 2.45) is 11.8 Å². The highest BCUT2D eigenvalue weighted by atomic mass is 19.4. The second-order valence-electron chi connectivity index (χ2n) is 6.14. The third-order valence-electron chi connectivity index (χ3n) is 4.49. The smallest absolute Gasteiger partial charge is 0.305 e. The Morgan fingerprint density at radius 3 is 2.68 bits per heavy atom. The average Bonchev–Trinajstić information content (AvgIpc) is 2.93. The molecule has 0 spiro atoms. The molecule has 1 saturated heterocycles. The van der Waals surface area contributed by atoms with E-state index in [9.17, 15) is 18.0 Å². The Bertz CT molecular complexity index is 554. The molecule has 2 heterocycles. The first-order valence-corrected chi connectivity index (χ1v) is 7.33. The minimum absolute atomic E-state index is 0.0578. The van der Waals surface area contributed by atoms with Crippen molar-refractivity contribution in [3.8, 4) is 0 Å². The van der Waals surface area contributed by atoms with Crippen LogP contribution in [0.1, 0.15) is 31.0 Å². The molecule has 1 amide bonds. The number of carbonyl (C=O) groups is 1. The van der Waals surface area contributed by atoms with Crippen molar-refractivity contribution in [3.05, 3.63) is 5.82 Å². The fraction of sp³-hybridized carbons (Fsp3) is 0.769. The number of alkyl halides is 3. The van der Waals surface area contributed by atoms with Crippen LogP contribution in [0.25, 0.3) is 0 Å². The molecule has 2 fully saturated rings. The van der Waals surface area contributed by atoms with E-state index >= 15 is 0 Å². The van der Waals surface area contributed by atoms with Gasteiger partial charge in [0.25, 0.3) is 0 Å². The molecule has 1 aromatic heterocycles. The second-order valence-corrected chi connectivity index (χ2v) is 6.14. The summed E-state index contributed by atoms with van der Waals surface area (Å²) in [4.78, 5) is 17.8. The number of carbonyl (C=O) groups excluding carboxylic acids is 1. The summed E-state index contributed by atoms with van der Waals surface area (Å²) in [6.07, 6.45) is -1.21. The molecule has 0 radical (unpaired) electrons. The van der Waals surface area contributed by atoms with E-state index in [2.05, 4.69) is 20.5 Å². The highest BCUT2D eigenvalue weighted by Gasteiger charge is 2.51. The van der Waals surface area contributed by atoms with Gasteiger partial charge in [0, 0.05) is 19.0 Å². The van der Waals surface area contributed by atoms with E-state index in [1.807, 2.05) is 0 Å². The van der Waals surface area contributed by atoms with E-state index in [1.54, 1.807) is 7.05 Å². The van der Waals surface area contributed by atoms with Gasteiger partial charge in [-0.2, -0.15) is 18.2 Å². The van der Waals surface area contributed by atoms with Gasteiger partial charge in [0.1, 0.15) is 5.82 Å². The number of nitrogens with one attached hydrogen (secondary N) is 2. The third-order valence-corrected chi connectivity index (χ3v) is 4.49. The van der Waals surface area contributed by atoms with Crippen LogP contribution in [0.4, 0.5) is 19.1 Å². The van der Waals surface area contributed by atoms with Gasteiger partial charge in [0.05, 0.1) is 11.8 Å². The van der Waals surface area contributed by atoms with Crippen LogP contribution in [-0.2, 0) is 4.79 Å². The largest absolute Gasteiger partial charge is 0.393 e. The van der Waals surface area contributed by atoms with Crippen molar-refractivity contribution in [1.29, 1.82) is 0 Å². The highest BCUT2D eigenvalue weighted by molar-refractivity contribution is 5.91. The van der Waals surface area contributed by atoms with Crippen molar-refractivity contribution in [1.82, 2.24) is 20.1 Å². The van der Waals surface area contributed by atoms with Gasteiger partial charge >= 0.3 is 6.18 Å². The van der Waals surface area contributed by atoms with Crippen molar-refractivity contribution in [2.75, 3.05) is 25.5 Å². The van der Waals surface area contributed by atoms with Crippen molar-refractivity contribution in [2.45, 2.75) is 31.4 Å². The first-order valence-electron chi connectivity index (χ1n) is 7.33. The van der Waals surface area contributed by atoms with Gasteiger partial charge in [-0.3, -0.25) is 15.2 Å². The average molecular weight is 317 g/mol. The summed E-state index contributed by atoms with van der Waals surface area (Å²) < 4.78 is 39.0. The van der Waals surface area contributed by atoms with Crippen LogP contribution >= 0.6 is 0 Å². The molecule has 0 bridgehead atoms. The number of likely N-dealkylation sites (tertiary alicyclic amines) is 1. The van der Waals surface area contributed by atoms with E-state index in [0.717, 1.165) is 19.3 Å². The van der Waals surface area contributed by atoms with E-state index in [1.165, 1.54) is 4.90 Å². The molecule has 2 atom stereocenters. The van der Waals surface area contributed by atoms with Crippen LogP contribution < -0.4 is 5.32 Å². The minimum atomic E-state index is -4.39. The summed E-state index contributed by atoms with van der Waals surface area (Å²) in [6.45, 7) is -0.0845. The van der Waals surface area contributed by atoms with Gasteiger partial charge < -0.3 is 4.90 Å². The predicted molar refractivity (Wildman–Crippen MR) is 72.1 cm³/mol. The summed E-state index contributed by atoms with van der Waals surface area (Å²) in [6, 6.07) is 0. The van der Waals surface area contributed by atoms with Gasteiger partial charge in [-0.15, -0.1) is 5.10 Å². The quantitative estimate of drug-likeness (QED) is 0.891. The monoisotopic (exact) mass is 317 g/mol. The van der Waals surface area contributed by atoms with Crippen LogP contribution in [-0.4, -0.2) is 52.3 Å². The zero-order chi connectivity index (χ0) is 15.9. The van der Waals surface area contributed by atoms with E-state index in [0.29, 0.717) is 11.7 Å². The number of aromatic nitrogens is 3. The van der Waals surface area contributed by atoms with Crippen molar-refractivity contribution in [3.63, 3.8) is 0 Å². The zero-order valence-electron chi connectivity index (χ0n) is 12.2. The molecular formula is C13H18F3N5O. The molecule has 1 aromatic rings. The van der Waals surface area contributed by atoms with Crippen LogP contribution in [0.3, 0.4) is 0 Å². The SMILES string of the molecule is CN1C[C@@H](C(F)(F)F)[C@H](C(=O)Nc2n[nH]c(C3CCC3)n2)C1. The third kappa shape index (κ3) is 2.94. The van der Waals surface area contributed by atoms with E-state index in [4.69, 9.17) is 0 Å². The number of rotatable bonds is 3. The van der Waals surface area contributed by atoms with Gasteiger partial charge in [-0.05, 0) is 19.9 Å². The predicted octanol–water partition coefficient (Wildman–Crippen LogP) is 1.75. The standard InChI is InChI=1S/C13H18F3N5O/c1-21-5-8(9(6-21)13(14,15)16)11(22)18-12-17-10(19-20-12)7-3-2-4-7/h7-9H,2-6H2,1H3,(H2,17,18,19,20,22)/t8-,9-/m1/s1. The molecule has 2 N–H and O–H groups in total. The minimum Gasteiger partial charge on any atom is -0.305 e. The molecule has 122 valence electrons. The first kappa shape index (κ1) is 15.3. The number of halogens is 3. The topological polar surface area (TPSA) is 73.9 Å². The molecule has 2 aliphatic rings. The molecule has 1 aliphatic carbocycles. The summed E-state index contributed by atoms with van der Waals surface area (Å²) in [5.41, 5.74) is 0. The first-order chi connectivity index (χ1) is 10.3. The normalized spacial score (nSPS) is 26.9. The molecule has 0 aromatic carbocycles. The molecular weight excluding hydrogens is 299 g/mol. The lowest BCUT2D eigenvalue weighted by Crippen LogP contribution is -2.36. The molecule has 1 aliphatic heterocycles. The number of amides is 1. The Morgan fingerprint density at radius 1 is 1.36 bits per heavy atom. The summed E-state index contributed by atoms with van der Waals surface area (Å²) >= 11 is 0. The van der Waals surface area contributed by atoms with E-state index in [-0.39, 0.29) is 19.0 Å². The van der Waals surface area contributed by atoms with Gasteiger partial charge in [0.15, 0.2) is 0 Å². The summed E-state index contributed by atoms with van der Waals surface area (Å²) in [5, 5.41) is 9.03. The number of hydrogen-bond acceptors (Lipinski definition) is 4. The maximum atomic E-state index is 13.0. The van der Waals surface area contributed by atoms with Crippen LogP contribution in [0, 0.1) is 11.8 Å². The summed E-state index contributed by atoms with van der Waals surface area (Å²) in [7, 11) is 1.58. The molecule has 1 saturated carbocycles. The Hall–Kier alpha value is -1.64. The number of anilines is 1. The Morgan fingerprint density at radius 2 is 2.09 bits per heavy atom. The zero-order valence-corrected chi connectivity index (χ0v) is 12.2. The lowest BCUT2D eigenvalue weighted by Gasteiger charge is -2.22. The lowest BCUT2D eigenvalue weighted by atomic mass is 9.85. The summed E-state index contributed by atoms with van der Waals surface area (Å²) in [5.74, 6) is -2.39. The van der Waals surface area contributed by atoms with Gasteiger partial charge in [0.2, 0.25) is 11.9 Å². The maximum absolute atomic E-state index is 13.0. The Kier molecular flexibility index (Phi) is 3.84. The van der Waals surface area contributed by atoms with Gasteiger partial charge in [-0.25, -0.2) is 0 Å². The van der Waals surface area contributed by atoms with E-state index < -0.39 is 23.9 Å². The molecule has 0 unspecified atom stereocenters. The number of aromatic amines is 1. The number of H-pyrrole nitrogens is 1. The molecule has 22 heavy (non-hydrogen) atoms. The second kappa shape index (κ2) is 5.53. The molecule has 6 nitrogen and oxygen atoms in total. The van der Waals surface area contributed by atoms with Crippen LogP contribution in [0.15, 0.2) is 0 Å². The van der Waals surface area contributed by atoms with Crippen molar-refractivity contribution >= 4 is 11.9 Å². The lowest BCUT2D eigenvalue weighted by molar-refractivity contribution is -0.182. The van der Waals surface area contributed by atoms with Crippen LogP contribution in [0.2, 0.25) is 0 Å². The number of hydrogen-bond donors (Lipinski definition) is 2. The maximum Gasteiger partial charge on any atom is 0.393 e. The highest BCUT2D eigenvalue weighted by Crippen LogP contribution is 2.38. The fourth-order valence-electron chi connectivity index (χ4n) is 3.00. The Balaban J connectivity index is 1.66. The van der Waals surface area contributed by atoms with Crippen molar-refractivity contribution < 1.29 is 18.0 Å². The van der Waals surface area contributed by atoms with Crippen LogP contribution in [0.5, 0.6) is 0 Å².